The molecule has 0 aliphatic rings. The van der Waals surface area contributed by atoms with Crippen LogP contribution in [0.5, 0.6) is 0 Å². The third-order valence-corrected chi connectivity index (χ3v) is 3.27. The van der Waals surface area contributed by atoms with Gasteiger partial charge in [-0.3, -0.25) is 14.8 Å². The van der Waals surface area contributed by atoms with Crippen molar-refractivity contribution in [3.8, 4) is 0 Å². The number of aromatic nitrogens is 2. The number of nitrogens with zero attached hydrogens (tertiary/aromatic N) is 3. The fourth-order valence-electron chi connectivity index (χ4n) is 1.99. The number of aryl methyl sites for hydroxylation is 2. The van der Waals surface area contributed by atoms with E-state index in [1.165, 1.54) is 12.1 Å². The SMILES string of the molecule is CCc1nn(C)cc1CNc1ccc(Cl)c([N+](=O)[O-])c1. The number of nitro groups is 1. The van der Waals surface area contributed by atoms with E-state index in [0.29, 0.717) is 12.2 Å². The standard InChI is InChI=1S/C13H15ClN4O2/c1-3-12-9(8-17(2)16-12)7-15-10-4-5-11(14)13(6-10)18(19)20/h4-6,8,15H,3,7H2,1-2H3. The summed E-state index contributed by atoms with van der Waals surface area (Å²) in [5.74, 6) is 0. The highest BCUT2D eigenvalue weighted by Crippen LogP contribution is 2.27. The molecule has 0 spiro atoms. The number of halogens is 1. The number of benzene rings is 1. The van der Waals surface area contributed by atoms with Gasteiger partial charge in [0.2, 0.25) is 0 Å². The summed E-state index contributed by atoms with van der Waals surface area (Å²) in [6.45, 7) is 2.61. The Morgan fingerprint density at radius 2 is 2.25 bits per heavy atom. The van der Waals surface area contributed by atoms with E-state index in [1.807, 2.05) is 20.2 Å². The van der Waals surface area contributed by atoms with Crippen LogP contribution in [0.3, 0.4) is 0 Å². The highest BCUT2D eigenvalue weighted by molar-refractivity contribution is 6.32. The molecule has 2 rings (SSSR count). The molecule has 2 aromatic rings. The predicted octanol–water partition coefficient (Wildman–Crippen LogP) is 3.16. The van der Waals surface area contributed by atoms with Crippen molar-refractivity contribution in [3.05, 3.63) is 50.8 Å². The maximum absolute atomic E-state index is 10.8. The maximum Gasteiger partial charge on any atom is 0.289 e. The Hall–Kier alpha value is -2.08. The van der Waals surface area contributed by atoms with Crippen molar-refractivity contribution in [2.24, 2.45) is 7.05 Å². The lowest BCUT2D eigenvalue weighted by molar-refractivity contribution is -0.384. The van der Waals surface area contributed by atoms with E-state index in [0.717, 1.165) is 17.7 Å². The fourth-order valence-corrected chi connectivity index (χ4v) is 2.18. The molecule has 0 amide bonds. The average Bonchev–Trinajstić information content (AvgIpc) is 2.77. The second-order valence-corrected chi connectivity index (χ2v) is 4.81. The van der Waals surface area contributed by atoms with Gasteiger partial charge in [-0.05, 0) is 18.6 Å². The molecule has 6 nitrogen and oxygen atoms in total. The van der Waals surface area contributed by atoms with Crippen molar-refractivity contribution in [2.45, 2.75) is 19.9 Å². The first-order chi connectivity index (χ1) is 9.51. The molecule has 0 bridgehead atoms. The number of nitrogens with one attached hydrogen (secondary N) is 1. The largest absolute Gasteiger partial charge is 0.381 e. The minimum absolute atomic E-state index is 0.0985. The smallest absolute Gasteiger partial charge is 0.289 e. The number of hydrogen-bond donors (Lipinski definition) is 1. The Morgan fingerprint density at radius 3 is 2.90 bits per heavy atom. The lowest BCUT2D eigenvalue weighted by Gasteiger charge is -2.06. The van der Waals surface area contributed by atoms with E-state index in [1.54, 1.807) is 10.7 Å². The molecule has 0 aliphatic heterocycles. The third-order valence-electron chi connectivity index (χ3n) is 2.95. The van der Waals surface area contributed by atoms with Crippen molar-refractivity contribution >= 4 is 23.0 Å². The number of rotatable bonds is 5. The van der Waals surface area contributed by atoms with Gasteiger partial charge >= 0.3 is 0 Å². The number of anilines is 1. The predicted molar refractivity (Wildman–Crippen MR) is 78.0 cm³/mol. The molecule has 1 aromatic heterocycles. The molecule has 0 atom stereocenters. The molecule has 1 aromatic carbocycles. The van der Waals surface area contributed by atoms with Crippen LogP contribution >= 0.6 is 11.6 Å². The van der Waals surface area contributed by atoms with Crippen molar-refractivity contribution in [1.29, 1.82) is 0 Å². The van der Waals surface area contributed by atoms with Gasteiger partial charge in [0.25, 0.3) is 5.69 Å². The van der Waals surface area contributed by atoms with Gasteiger partial charge in [-0.15, -0.1) is 0 Å². The molecule has 106 valence electrons. The lowest BCUT2D eigenvalue weighted by Crippen LogP contribution is -2.01. The first-order valence-electron chi connectivity index (χ1n) is 6.20. The van der Waals surface area contributed by atoms with Crippen LogP contribution in [0.1, 0.15) is 18.2 Å². The molecule has 0 unspecified atom stereocenters. The minimum atomic E-state index is -0.491. The van der Waals surface area contributed by atoms with Crippen LogP contribution in [0, 0.1) is 10.1 Å². The zero-order valence-electron chi connectivity index (χ0n) is 11.3. The molecule has 0 saturated carbocycles. The molecule has 1 heterocycles. The van der Waals surface area contributed by atoms with Gasteiger partial charge in [-0.1, -0.05) is 18.5 Å². The Kier molecular flexibility index (Phi) is 4.24. The van der Waals surface area contributed by atoms with Crippen LogP contribution < -0.4 is 5.32 Å². The molecular weight excluding hydrogens is 280 g/mol. The van der Waals surface area contributed by atoms with E-state index >= 15 is 0 Å². The summed E-state index contributed by atoms with van der Waals surface area (Å²) in [7, 11) is 1.87. The van der Waals surface area contributed by atoms with Gasteiger partial charge in [0, 0.05) is 37.1 Å². The highest BCUT2D eigenvalue weighted by atomic mass is 35.5. The van der Waals surface area contributed by atoms with Crippen molar-refractivity contribution in [2.75, 3.05) is 5.32 Å². The van der Waals surface area contributed by atoms with Gasteiger partial charge in [-0.2, -0.15) is 5.10 Å². The molecule has 0 fully saturated rings. The molecule has 1 N–H and O–H groups in total. The minimum Gasteiger partial charge on any atom is -0.381 e. The topological polar surface area (TPSA) is 73.0 Å². The van der Waals surface area contributed by atoms with E-state index in [2.05, 4.69) is 10.4 Å². The van der Waals surface area contributed by atoms with Crippen molar-refractivity contribution in [3.63, 3.8) is 0 Å². The van der Waals surface area contributed by atoms with Gasteiger partial charge in [0.05, 0.1) is 10.6 Å². The lowest BCUT2D eigenvalue weighted by atomic mass is 10.2. The van der Waals surface area contributed by atoms with Crippen molar-refractivity contribution < 1.29 is 4.92 Å². The summed E-state index contributed by atoms with van der Waals surface area (Å²) in [6, 6.07) is 4.67. The van der Waals surface area contributed by atoms with Gasteiger partial charge < -0.3 is 5.32 Å². The van der Waals surface area contributed by atoms with E-state index < -0.39 is 4.92 Å². The average molecular weight is 295 g/mol. The second-order valence-electron chi connectivity index (χ2n) is 4.41. The maximum atomic E-state index is 10.8. The highest BCUT2D eigenvalue weighted by Gasteiger charge is 2.13. The first-order valence-corrected chi connectivity index (χ1v) is 6.58. The molecule has 7 heteroatoms. The van der Waals surface area contributed by atoms with Gasteiger partial charge in [0.1, 0.15) is 5.02 Å². The van der Waals surface area contributed by atoms with Crippen LogP contribution in [0.4, 0.5) is 11.4 Å². The van der Waals surface area contributed by atoms with Gasteiger partial charge in [0.15, 0.2) is 0 Å². The van der Waals surface area contributed by atoms with Gasteiger partial charge in [-0.25, -0.2) is 0 Å². The Labute approximate surface area is 121 Å². The summed E-state index contributed by atoms with van der Waals surface area (Å²) < 4.78 is 1.76. The molecule has 0 saturated heterocycles. The summed E-state index contributed by atoms with van der Waals surface area (Å²) in [5.41, 5.74) is 2.65. The summed E-state index contributed by atoms with van der Waals surface area (Å²) >= 11 is 5.78. The monoisotopic (exact) mass is 294 g/mol. The molecular formula is C13H15ClN4O2. The Bertz CT molecular complexity index is 639. The molecule has 20 heavy (non-hydrogen) atoms. The summed E-state index contributed by atoms with van der Waals surface area (Å²) in [5, 5.41) is 18.5. The zero-order valence-corrected chi connectivity index (χ0v) is 12.0. The normalized spacial score (nSPS) is 10.6. The third kappa shape index (κ3) is 3.08. The Balaban J connectivity index is 2.14. The second kappa shape index (κ2) is 5.92. The molecule has 0 aliphatic carbocycles. The van der Waals surface area contributed by atoms with E-state index in [-0.39, 0.29) is 10.7 Å². The van der Waals surface area contributed by atoms with Crippen LogP contribution in [0.15, 0.2) is 24.4 Å². The van der Waals surface area contributed by atoms with Crippen LogP contribution in [0.2, 0.25) is 5.02 Å². The zero-order chi connectivity index (χ0) is 14.7. The molecule has 0 radical (unpaired) electrons. The van der Waals surface area contributed by atoms with E-state index in [9.17, 15) is 10.1 Å². The summed E-state index contributed by atoms with van der Waals surface area (Å²) in [6.07, 6.45) is 2.79. The summed E-state index contributed by atoms with van der Waals surface area (Å²) in [4.78, 5) is 10.3. The number of hydrogen-bond acceptors (Lipinski definition) is 4. The van der Waals surface area contributed by atoms with Crippen molar-refractivity contribution in [1.82, 2.24) is 9.78 Å². The Morgan fingerprint density at radius 1 is 1.50 bits per heavy atom. The van der Waals surface area contributed by atoms with E-state index in [4.69, 9.17) is 11.6 Å². The fraction of sp³-hybridized carbons (Fsp3) is 0.308. The number of nitro benzene ring substituents is 1. The van der Waals surface area contributed by atoms with Crippen LogP contribution in [-0.2, 0) is 20.0 Å². The van der Waals surface area contributed by atoms with Crippen LogP contribution in [0.25, 0.3) is 0 Å². The quantitative estimate of drug-likeness (QED) is 0.679. The first kappa shape index (κ1) is 14.3. The van der Waals surface area contributed by atoms with Crippen LogP contribution in [-0.4, -0.2) is 14.7 Å².